The fraction of sp³-hybridized carbons (Fsp3) is 0.174. The molecule has 1 aliphatic rings. The van der Waals surface area contributed by atoms with Gasteiger partial charge in [-0.25, -0.2) is 0 Å². The van der Waals surface area contributed by atoms with E-state index in [0.29, 0.717) is 18.7 Å². The van der Waals surface area contributed by atoms with Crippen molar-refractivity contribution < 1.29 is 9.59 Å². The van der Waals surface area contributed by atoms with Crippen molar-refractivity contribution in [1.82, 2.24) is 10.3 Å². The number of pyridine rings is 1. The van der Waals surface area contributed by atoms with Crippen LogP contribution in [-0.4, -0.2) is 23.3 Å². The van der Waals surface area contributed by atoms with Crippen molar-refractivity contribution in [2.45, 2.75) is 19.9 Å². The summed E-state index contributed by atoms with van der Waals surface area (Å²) in [5.41, 5.74) is 4.96. The fourth-order valence-corrected chi connectivity index (χ4v) is 3.48. The van der Waals surface area contributed by atoms with Crippen LogP contribution in [0, 0.1) is 6.92 Å². The maximum Gasteiger partial charge on any atom is 0.276 e. The van der Waals surface area contributed by atoms with Crippen LogP contribution in [0.1, 0.15) is 37.5 Å². The first-order valence-electron chi connectivity index (χ1n) is 9.31. The number of hydrogen-bond donors (Lipinski definition) is 1. The summed E-state index contributed by atoms with van der Waals surface area (Å²) in [4.78, 5) is 31.4. The van der Waals surface area contributed by atoms with Gasteiger partial charge in [0.15, 0.2) is 0 Å². The van der Waals surface area contributed by atoms with Crippen LogP contribution in [0.4, 0.5) is 5.69 Å². The lowest BCUT2D eigenvalue weighted by atomic mass is 10.1. The molecular weight excluding hydrogens is 350 g/mol. The van der Waals surface area contributed by atoms with Gasteiger partial charge in [0.05, 0.1) is 0 Å². The normalized spacial score (nSPS) is 12.5. The van der Waals surface area contributed by atoms with Crippen LogP contribution < -0.4 is 10.2 Å². The third kappa shape index (κ3) is 3.64. The second-order valence-corrected chi connectivity index (χ2v) is 6.94. The van der Waals surface area contributed by atoms with E-state index in [2.05, 4.69) is 10.3 Å². The number of nitrogens with one attached hydrogen (secondary N) is 1. The molecule has 4 rings (SSSR count). The molecule has 5 nitrogen and oxygen atoms in total. The average Bonchev–Trinajstić information content (AvgIpc) is 3.16. The van der Waals surface area contributed by atoms with E-state index in [1.807, 2.05) is 55.5 Å². The molecule has 0 aliphatic carbocycles. The zero-order chi connectivity index (χ0) is 19.5. The molecular formula is C23H21N3O2. The second kappa shape index (κ2) is 7.64. The lowest BCUT2D eigenvalue weighted by Gasteiger charge is -2.17. The number of para-hydroxylation sites is 1. The highest BCUT2D eigenvalue weighted by molar-refractivity contribution is 6.07. The molecule has 2 aromatic carbocycles. The van der Waals surface area contributed by atoms with Gasteiger partial charge in [0.25, 0.3) is 11.8 Å². The number of carbonyl (C=O) groups is 2. The largest absolute Gasteiger partial charge is 0.348 e. The van der Waals surface area contributed by atoms with E-state index in [0.717, 1.165) is 28.8 Å². The van der Waals surface area contributed by atoms with Crippen LogP contribution in [0.3, 0.4) is 0 Å². The second-order valence-electron chi connectivity index (χ2n) is 6.94. The summed E-state index contributed by atoms with van der Waals surface area (Å²) < 4.78 is 0. The van der Waals surface area contributed by atoms with Crippen LogP contribution in [0.5, 0.6) is 0 Å². The first-order chi connectivity index (χ1) is 13.6. The van der Waals surface area contributed by atoms with Crippen molar-refractivity contribution in [3.8, 4) is 0 Å². The minimum absolute atomic E-state index is 0.182. The number of fused-ring (bicyclic) bond motifs is 1. The van der Waals surface area contributed by atoms with Gasteiger partial charge in [-0.3, -0.25) is 14.6 Å². The molecule has 1 aliphatic heterocycles. The van der Waals surface area contributed by atoms with E-state index < -0.39 is 0 Å². The van der Waals surface area contributed by atoms with Gasteiger partial charge < -0.3 is 10.2 Å². The van der Waals surface area contributed by atoms with Crippen LogP contribution in [0.25, 0.3) is 0 Å². The number of amides is 2. The third-order valence-corrected chi connectivity index (χ3v) is 4.91. The molecule has 0 unspecified atom stereocenters. The highest BCUT2D eigenvalue weighted by Crippen LogP contribution is 2.28. The van der Waals surface area contributed by atoms with E-state index in [4.69, 9.17) is 0 Å². The molecule has 2 heterocycles. The zero-order valence-corrected chi connectivity index (χ0v) is 15.7. The maximum atomic E-state index is 12.9. The van der Waals surface area contributed by atoms with Gasteiger partial charge in [0.2, 0.25) is 0 Å². The predicted molar refractivity (Wildman–Crippen MR) is 108 cm³/mol. The lowest BCUT2D eigenvalue weighted by molar-refractivity contribution is 0.0950. The molecule has 28 heavy (non-hydrogen) atoms. The zero-order valence-electron chi connectivity index (χ0n) is 15.7. The van der Waals surface area contributed by atoms with Crippen molar-refractivity contribution in [2.75, 3.05) is 11.4 Å². The Labute approximate surface area is 164 Å². The van der Waals surface area contributed by atoms with Crippen LogP contribution in [0.15, 0.2) is 66.9 Å². The lowest BCUT2D eigenvalue weighted by Crippen LogP contribution is -2.30. The molecule has 0 bridgehead atoms. The molecule has 3 aromatic rings. The number of aromatic nitrogens is 1. The summed E-state index contributed by atoms with van der Waals surface area (Å²) in [6, 6.07) is 19.1. The third-order valence-electron chi connectivity index (χ3n) is 4.91. The van der Waals surface area contributed by atoms with E-state index in [1.54, 1.807) is 17.0 Å². The fourth-order valence-electron chi connectivity index (χ4n) is 3.48. The average molecular weight is 371 g/mol. The van der Waals surface area contributed by atoms with Gasteiger partial charge in [0, 0.05) is 30.5 Å². The SMILES string of the molecule is Cc1cccc(CNC(=O)c2ccnc(C(=O)N3CCc4ccccc43)c2)c1. The van der Waals surface area contributed by atoms with E-state index in [1.165, 1.54) is 6.20 Å². The Morgan fingerprint density at radius 1 is 1.07 bits per heavy atom. The van der Waals surface area contributed by atoms with Crippen molar-refractivity contribution in [3.63, 3.8) is 0 Å². The molecule has 0 saturated carbocycles. The summed E-state index contributed by atoms with van der Waals surface area (Å²) in [6.45, 7) is 3.08. The van der Waals surface area contributed by atoms with E-state index in [9.17, 15) is 9.59 Å². The highest BCUT2D eigenvalue weighted by atomic mass is 16.2. The summed E-state index contributed by atoms with van der Waals surface area (Å²) in [5.74, 6) is -0.405. The monoisotopic (exact) mass is 371 g/mol. The van der Waals surface area contributed by atoms with Gasteiger partial charge in [-0.1, -0.05) is 48.0 Å². The molecule has 2 amide bonds. The first kappa shape index (κ1) is 17.9. The molecule has 0 saturated heterocycles. The standard InChI is InChI=1S/C23H21N3O2/c1-16-5-4-6-17(13-16)15-25-22(27)19-9-11-24-20(14-19)23(28)26-12-10-18-7-2-3-8-21(18)26/h2-9,11,13-14H,10,12,15H2,1H3,(H,25,27). The minimum atomic E-state index is -0.222. The number of anilines is 1. The van der Waals surface area contributed by atoms with E-state index in [-0.39, 0.29) is 17.5 Å². The first-order valence-corrected chi connectivity index (χ1v) is 9.31. The number of hydrogen-bond acceptors (Lipinski definition) is 3. The van der Waals surface area contributed by atoms with Crippen molar-refractivity contribution in [1.29, 1.82) is 0 Å². The summed E-state index contributed by atoms with van der Waals surface area (Å²) in [5, 5.41) is 2.90. The molecule has 0 spiro atoms. The Balaban J connectivity index is 1.48. The van der Waals surface area contributed by atoms with Gasteiger partial charge in [-0.2, -0.15) is 0 Å². The molecule has 1 N–H and O–H groups in total. The minimum Gasteiger partial charge on any atom is -0.348 e. The Kier molecular flexibility index (Phi) is 4.89. The number of aryl methyl sites for hydroxylation is 1. The number of rotatable bonds is 4. The van der Waals surface area contributed by atoms with Gasteiger partial charge in [-0.05, 0) is 42.7 Å². The topological polar surface area (TPSA) is 62.3 Å². The molecule has 140 valence electrons. The molecule has 0 fully saturated rings. The van der Waals surface area contributed by atoms with Crippen molar-refractivity contribution >= 4 is 17.5 Å². The summed E-state index contributed by atoms with van der Waals surface area (Å²) in [6.07, 6.45) is 2.34. The number of nitrogens with zero attached hydrogens (tertiary/aromatic N) is 2. The number of carbonyl (C=O) groups excluding carboxylic acids is 2. The highest BCUT2D eigenvalue weighted by Gasteiger charge is 2.26. The van der Waals surface area contributed by atoms with Gasteiger partial charge in [0.1, 0.15) is 5.69 Å². The smallest absolute Gasteiger partial charge is 0.276 e. The van der Waals surface area contributed by atoms with Crippen molar-refractivity contribution in [3.05, 3.63) is 94.8 Å². The Bertz CT molecular complexity index is 1050. The molecule has 5 heteroatoms. The van der Waals surface area contributed by atoms with Gasteiger partial charge >= 0.3 is 0 Å². The van der Waals surface area contributed by atoms with E-state index >= 15 is 0 Å². The Morgan fingerprint density at radius 2 is 1.93 bits per heavy atom. The van der Waals surface area contributed by atoms with Crippen LogP contribution in [-0.2, 0) is 13.0 Å². The molecule has 0 radical (unpaired) electrons. The quantitative estimate of drug-likeness (QED) is 0.763. The molecule has 1 aromatic heterocycles. The summed E-state index contributed by atoms with van der Waals surface area (Å²) >= 11 is 0. The summed E-state index contributed by atoms with van der Waals surface area (Å²) in [7, 11) is 0. The Hall–Kier alpha value is -3.47. The van der Waals surface area contributed by atoms with Crippen LogP contribution >= 0.6 is 0 Å². The van der Waals surface area contributed by atoms with Crippen LogP contribution in [0.2, 0.25) is 0 Å². The Morgan fingerprint density at radius 3 is 2.79 bits per heavy atom. The van der Waals surface area contributed by atoms with Gasteiger partial charge in [-0.15, -0.1) is 0 Å². The maximum absolute atomic E-state index is 12.9. The predicted octanol–water partition coefficient (Wildman–Crippen LogP) is 3.52. The number of benzene rings is 2. The molecule has 0 atom stereocenters. The van der Waals surface area contributed by atoms with Crippen molar-refractivity contribution in [2.24, 2.45) is 0 Å².